The molecule has 1 rings (SSSR count). The van der Waals surface area contributed by atoms with Gasteiger partial charge in [0.2, 0.25) is 11.8 Å². The van der Waals surface area contributed by atoms with E-state index in [1.165, 1.54) is 6.92 Å². The number of allylic oxidation sites excluding steroid dienone is 1. The summed E-state index contributed by atoms with van der Waals surface area (Å²) in [5.74, 6) is 0.170. The van der Waals surface area contributed by atoms with Crippen molar-refractivity contribution in [3.63, 3.8) is 0 Å². The Kier molecular flexibility index (Phi) is 8.63. The number of nitrogens with zero attached hydrogens (tertiary/aromatic N) is 1. The minimum absolute atomic E-state index is 0.0372. The van der Waals surface area contributed by atoms with Crippen LogP contribution in [0.5, 0.6) is 0 Å². The standard InChI is InChI=1S/C20H37N3O2/c1-7-9-12-21-19(25)20(22-16(5)24)13-17(8-2)10-11-18(20)14-23(6)15(3)4/h8,15,17-18H,2,7,9-14H2,1,3-6H3,(H,21,25)(H,22,24)/t17-,18+,20-/m1/s1. The molecule has 0 saturated heterocycles. The highest BCUT2D eigenvalue weighted by molar-refractivity contribution is 5.91. The molecule has 25 heavy (non-hydrogen) atoms. The molecule has 0 aliphatic heterocycles. The van der Waals surface area contributed by atoms with E-state index in [-0.39, 0.29) is 23.7 Å². The van der Waals surface area contributed by atoms with Crippen LogP contribution in [-0.4, -0.2) is 48.4 Å². The molecule has 2 amide bonds. The number of carbonyl (C=O) groups is 2. The largest absolute Gasteiger partial charge is 0.354 e. The highest BCUT2D eigenvalue weighted by atomic mass is 16.2. The Morgan fingerprint density at radius 2 is 2.04 bits per heavy atom. The second-order valence-corrected chi connectivity index (χ2v) is 7.77. The maximum absolute atomic E-state index is 13.2. The number of carbonyl (C=O) groups excluding carboxylic acids is 2. The van der Waals surface area contributed by atoms with Crippen LogP contribution in [-0.2, 0) is 9.59 Å². The van der Waals surface area contributed by atoms with Crippen LogP contribution in [0.2, 0.25) is 0 Å². The van der Waals surface area contributed by atoms with Crippen molar-refractivity contribution in [1.82, 2.24) is 15.5 Å². The third kappa shape index (κ3) is 5.84. The molecule has 0 unspecified atom stereocenters. The summed E-state index contributed by atoms with van der Waals surface area (Å²) in [7, 11) is 2.08. The third-order valence-corrected chi connectivity index (χ3v) is 5.51. The summed E-state index contributed by atoms with van der Waals surface area (Å²) in [5, 5.41) is 6.13. The second-order valence-electron chi connectivity index (χ2n) is 7.77. The van der Waals surface area contributed by atoms with Gasteiger partial charge in [-0.25, -0.2) is 0 Å². The zero-order chi connectivity index (χ0) is 19.0. The summed E-state index contributed by atoms with van der Waals surface area (Å²) in [6.45, 7) is 13.3. The number of unbranched alkanes of at least 4 members (excludes halogenated alkanes) is 1. The molecule has 0 aromatic carbocycles. The number of hydrogen-bond donors (Lipinski definition) is 2. The Morgan fingerprint density at radius 1 is 1.36 bits per heavy atom. The van der Waals surface area contributed by atoms with Crippen LogP contribution >= 0.6 is 0 Å². The Balaban J connectivity index is 3.12. The quantitative estimate of drug-likeness (QED) is 0.496. The van der Waals surface area contributed by atoms with E-state index in [0.717, 1.165) is 32.2 Å². The maximum atomic E-state index is 13.2. The van der Waals surface area contributed by atoms with Crippen molar-refractivity contribution in [1.29, 1.82) is 0 Å². The molecule has 2 N–H and O–H groups in total. The van der Waals surface area contributed by atoms with Gasteiger partial charge in [0.05, 0.1) is 0 Å². The molecule has 0 aromatic heterocycles. The van der Waals surface area contributed by atoms with E-state index in [0.29, 0.717) is 19.0 Å². The molecule has 0 bridgehead atoms. The van der Waals surface area contributed by atoms with Crippen LogP contribution in [0.15, 0.2) is 12.7 Å². The average Bonchev–Trinajstić information content (AvgIpc) is 2.55. The van der Waals surface area contributed by atoms with E-state index in [1.54, 1.807) is 0 Å². The summed E-state index contributed by atoms with van der Waals surface area (Å²) < 4.78 is 0. The summed E-state index contributed by atoms with van der Waals surface area (Å²) in [5.41, 5.74) is -0.847. The first-order valence-corrected chi connectivity index (χ1v) is 9.66. The first kappa shape index (κ1) is 21.7. The molecule has 1 fully saturated rings. The van der Waals surface area contributed by atoms with Gasteiger partial charge in [-0.15, -0.1) is 6.58 Å². The SMILES string of the molecule is C=C[C@@H]1CC[C@@H](CN(C)C(C)C)[C@@](NC(C)=O)(C(=O)NCCCC)C1. The first-order chi connectivity index (χ1) is 11.8. The molecule has 0 aromatic rings. The van der Waals surface area contributed by atoms with Gasteiger partial charge < -0.3 is 15.5 Å². The minimum atomic E-state index is -0.847. The zero-order valence-electron chi connectivity index (χ0n) is 16.7. The fourth-order valence-corrected chi connectivity index (χ4v) is 3.69. The molecular formula is C20H37N3O2. The zero-order valence-corrected chi connectivity index (χ0v) is 16.7. The number of nitrogens with one attached hydrogen (secondary N) is 2. The van der Waals surface area contributed by atoms with E-state index in [9.17, 15) is 9.59 Å². The third-order valence-electron chi connectivity index (χ3n) is 5.51. The molecule has 144 valence electrons. The van der Waals surface area contributed by atoms with Gasteiger partial charge in [-0.3, -0.25) is 9.59 Å². The molecular weight excluding hydrogens is 314 g/mol. The van der Waals surface area contributed by atoms with Crippen molar-refractivity contribution in [3.05, 3.63) is 12.7 Å². The lowest BCUT2D eigenvalue weighted by Gasteiger charge is -2.47. The molecule has 0 heterocycles. The van der Waals surface area contributed by atoms with E-state index >= 15 is 0 Å². The molecule has 1 aliphatic carbocycles. The van der Waals surface area contributed by atoms with Gasteiger partial charge in [0, 0.05) is 32.0 Å². The molecule has 5 nitrogen and oxygen atoms in total. The molecule has 1 saturated carbocycles. The van der Waals surface area contributed by atoms with Gasteiger partial charge in [-0.2, -0.15) is 0 Å². The fraction of sp³-hybridized carbons (Fsp3) is 0.800. The fourth-order valence-electron chi connectivity index (χ4n) is 3.69. The van der Waals surface area contributed by atoms with E-state index in [4.69, 9.17) is 0 Å². The molecule has 1 aliphatic rings. The second kappa shape index (κ2) is 9.95. The number of hydrogen-bond acceptors (Lipinski definition) is 3. The normalized spacial score (nSPS) is 26.5. The van der Waals surface area contributed by atoms with Crippen molar-refractivity contribution in [2.24, 2.45) is 11.8 Å². The van der Waals surface area contributed by atoms with Crippen LogP contribution < -0.4 is 10.6 Å². The highest BCUT2D eigenvalue weighted by Gasteiger charge is 2.50. The van der Waals surface area contributed by atoms with Crippen LogP contribution in [0.1, 0.15) is 59.8 Å². The maximum Gasteiger partial charge on any atom is 0.246 e. The summed E-state index contributed by atoms with van der Waals surface area (Å²) in [4.78, 5) is 27.4. The Hall–Kier alpha value is -1.36. The van der Waals surface area contributed by atoms with Crippen LogP contribution in [0.3, 0.4) is 0 Å². The highest BCUT2D eigenvalue weighted by Crippen LogP contribution is 2.39. The monoisotopic (exact) mass is 351 g/mol. The molecule has 5 heteroatoms. The smallest absolute Gasteiger partial charge is 0.246 e. The number of amides is 2. The van der Waals surface area contributed by atoms with Crippen molar-refractivity contribution >= 4 is 11.8 Å². The van der Waals surface area contributed by atoms with Crippen molar-refractivity contribution < 1.29 is 9.59 Å². The summed E-state index contributed by atoms with van der Waals surface area (Å²) >= 11 is 0. The lowest BCUT2D eigenvalue weighted by Crippen LogP contribution is -2.66. The summed E-state index contributed by atoms with van der Waals surface area (Å²) in [6.07, 6.45) is 6.47. The molecule has 0 radical (unpaired) electrons. The first-order valence-electron chi connectivity index (χ1n) is 9.66. The molecule has 0 spiro atoms. The van der Waals surface area contributed by atoms with Crippen molar-refractivity contribution in [2.45, 2.75) is 71.4 Å². The van der Waals surface area contributed by atoms with Gasteiger partial charge in [0.25, 0.3) is 0 Å². The Labute approximate surface area is 153 Å². The topological polar surface area (TPSA) is 61.4 Å². The lowest BCUT2D eigenvalue weighted by molar-refractivity contribution is -0.138. The van der Waals surface area contributed by atoms with E-state index in [1.807, 2.05) is 6.08 Å². The van der Waals surface area contributed by atoms with Gasteiger partial charge >= 0.3 is 0 Å². The minimum Gasteiger partial charge on any atom is -0.354 e. The van der Waals surface area contributed by atoms with Crippen LogP contribution in [0.25, 0.3) is 0 Å². The molecule has 3 atom stereocenters. The summed E-state index contributed by atoms with van der Waals surface area (Å²) in [6, 6.07) is 0.398. The van der Waals surface area contributed by atoms with E-state index in [2.05, 4.69) is 49.9 Å². The van der Waals surface area contributed by atoms with E-state index < -0.39 is 5.54 Å². The average molecular weight is 352 g/mol. The van der Waals surface area contributed by atoms with Gasteiger partial charge in [0.1, 0.15) is 5.54 Å². The van der Waals surface area contributed by atoms with Gasteiger partial charge in [-0.05, 0) is 52.5 Å². The Morgan fingerprint density at radius 3 is 2.56 bits per heavy atom. The van der Waals surface area contributed by atoms with Gasteiger partial charge in [-0.1, -0.05) is 19.4 Å². The predicted molar refractivity (Wildman–Crippen MR) is 103 cm³/mol. The van der Waals surface area contributed by atoms with Crippen LogP contribution in [0, 0.1) is 11.8 Å². The van der Waals surface area contributed by atoms with Crippen molar-refractivity contribution in [2.75, 3.05) is 20.1 Å². The Bertz CT molecular complexity index is 464. The van der Waals surface area contributed by atoms with Gasteiger partial charge in [0.15, 0.2) is 0 Å². The predicted octanol–water partition coefficient (Wildman–Crippen LogP) is 2.72. The van der Waals surface area contributed by atoms with Crippen LogP contribution in [0.4, 0.5) is 0 Å². The van der Waals surface area contributed by atoms with Crippen molar-refractivity contribution in [3.8, 4) is 0 Å². The number of rotatable bonds is 9. The lowest BCUT2D eigenvalue weighted by atomic mass is 9.67.